The SMILES string of the molecule is CCN(CC)CCNC(=O)[C@H](C)n1c(=O)c(C(F)(F)F)nc2cc(C)c(C)cc21. The third-order valence-electron chi connectivity index (χ3n) is 5.16. The van der Waals surface area contributed by atoms with Crippen molar-refractivity contribution >= 4 is 16.9 Å². The molecule has 9 heteroatoms. The van der Waals surface area contributed by atoms with Crippen molar-refractivity contribution in [3.8, 4) is 0 Å². The topological polar surface area (TPSA) is 67.2 Å². The molecule has 1 heterocycles. The van der Waals surface area contributed by atoms with E-state index in [9.17, 15) is 22.8 Å². The van der Waals surface area contributed by atoms with Gasteiger partial charge >= 0.3 is 6.18 Å². The van der Waals surface area contributed by atoms with Gasteiger partial charge in [-0.25, -0.2) is 4.98 Å². The lowest BCUT2D eigenvalue weighted by Gasteiger charge is -2.22. The smallest absolute Gasteiger partial charge is 0.353 e. The van der Waals surface area contributed by atoms with Crippen LogP contribution in [0.1, 0.15) is 43.6 Å². The number of nitrogens with zero attached hydrogens (tertiary/aromatic N) is 3. The van der Waals surface area contributed by atoms with E-state index in [-0.39, 0.29) is 11.0 Å². The third-order valence-corrected chi connectivity index (χ3v) is 5.16. The molecule has 0 bridgehead atoms. The van der Waals surface area contributed by atoms with Crippen LogP contribution >= 0.6 is 0 Å². The molecule has 0 radical (unpaired) electrons. The number of carbonyl (C=O) groups is 1. The monoisotopic (exact) mass is 412 g/mol. The lowest BCUT2D eigenvalue weighted by Crippen LogP contribution is -2.41. The molecule has 0 aliphatic heterocycles. The van der Waals surface area contributed by atoms with E-state index in [4.69, 9.17) is 0 Å². The highest BCUT2D eigenvalue weighted by Gasteiger charge is 2.38. The Labute approximate surface area is 167 Å². The van der Waals surface area contributed by atoms with Crippen LogP contribution in [0.2, 0.25) is 0 Å². The number of rotatable bonds is 7. The van der Waals surface area contributed by atoms with E-state index >= 15 is 0 Å². The highest BCUT2D eigenvalue weighted by molar-refractivity contribution is 5.84. The average molecular weight is 412 g/mol. The van der Waals surface area contributed by atoms with Crippen LogP contribution in [-0.4, -0.2) is 46.5 Å². The number of carbonyl (C=O) groups excluding carboxylic acids is 1. The second-order valence-electron chi connectivity index (χ2n) is 7.05. The number of aromatic nitrogens is 2. The predicted molar refractivity (Wildman–Crippen MR) is 106 cm³/mol. The van der Waals surface area contributed by atoms with Gasteiger partial charge in [-0.2, -0.15) is 13.2 Å². The Morgan fingerprint density at radius 3 is 2.34 bits per heavy atom. The highest BCUT2D eigenvalue weighted by atomic mass is 19.4. The maximum Gasteiger partial charge on any atom is 0.438 e. The molecule has 6 nitrogen and oxygen atoms in total. The Morgan fingerprint density at radius 2 is 1.79 bits per heavy atom. The first-order valence-corrected chi connectivity index (χ1v) is 9.61. The molecule has 0 unspecified atom stereocenters. The molecule has 0 fully saturated rings. The van der Waals surface area contributed by atoms with Crippen molar-refractivity contribution < 1.29 is 18.0 Å². The van der Waals surface area contributed by atoms with Crippen LogP contribution in [0.3, 0.4) is 0 Å². The van der Waals surface area contributed by atoms with Gasteiger partial charge in [-0.3, -0.25) is 14.2 Å². The summed E-state index contributed by atoms with van der Waals surface area (Å²) in [6.45, 7) is 11.6. The van der Waals surface area contributed by atoms with Crippen molar-refractivity contribution in [1.82, 2.24) is 19.8 Å². The molecule has 0 aliphatic rings. The van der Waals surface area contributed by atoms with Gasteiger partial charge in [0.25, 0.3) is 5.56 Å². The fraction of sp³-hybridized carbons (Fsp3) is 0.550. The van der Waals surface area contributed by atoms with Crippen molar-refractivity contribution in [3.63, 3.8) is 0 Å². The average Bonchev–Trinajstić information content (AvgIpc) is 2.64. The van der Waals surface area contributed by atoms with E-state index in [2.05, 4.69) is 15.2 Å². The molecule has 1 aromatic carbocycles. The number of alkyl halides is 3. The van der Waals surface area contributed by atoms with Crippen LogP contribution in [-0.2, 0) is 11.0 Å². The van der Waals surface area contributed by atoms with E-state index in [0.717, 1.165) is 28.8 Å². The van der Waals surface area contributed by atoms with Crippen LogP contribution in [0.5, 0.6) is 0 Å². The first-order valence-electron chi connectivity index (χ1n) is 9.61. The highest BCUT2D eigenvalue weighted by Crippen LogP contribution is 2.28. The zero-order valence-electron chi connectivity index (χ0n) is 17.4. The molecular weight excluding hydrogens is 385 g/mol. The lowest BCUT2D eigenvalue weighted by atomic mass is 10.1. The van der Waals surface area contributed by atoms with Crippen molar-refractivity contribution in [3.05, 3.63) is 39.3 Å². The molecule has 1 atom stereocenters. The summed E-state index contributed by atoms with van der Waals surface area (Å²) in [5.41, 5.74) is -1.06. The molecule has 2 aromatic rings. The fourth-order valence-corrected chi connectivity index (χ4v) is 3.17. The molecular formula is C20H27F3N4O2. The number of halogens is 3. The summed E-state index contributed by atoms with van der Waals surface area (Å²) in [6, 6.07) is 1.98. The van der Waals surface area contributed by atoms with Gasteiger partial charge in [-0.05, 0) is 57.1 Å². The fourth-order valence-electron chi connectivity index (χ4n) is 3.17. The minimum Gasteiger partial charge on any atom is -0.353 e. The second-order valence-corrected chi connectivity index (χ2v) is 7.05. The Bertz CT molecular complexity index is 949. The summed E-state index contributed by atoms with van der Waals surface area (Å²) >= 11 is 0. The van der Waals surface area contributed by atoms with Crippen LogP contribution in [0.25, 0.3) is 11.0 Å². The van der Waals surface area contributed by atoms with E-state index in [1.165, 1.54) is 13.0 Å². The minimum absolute atomic E-state index is 0.0304. The number of hydrogen-bond acceptors (Lipinski definition) is 4. The number of aryl methyl sites for hydroxylation is 2. The summed E-state index contributed by atoms with van der Waals surface area (Å²) < 4.78 is 41.1. The number of fused-ring (bicyclic) bond motifs is 1. The summed E-state index contributed by atoms with van der Waals surface area (Å²) in [4.78, 5) is 30.9. The number of nitrogens with one attached hydrogen (secondary N) is 1. The van der Waals surface area contributed by atoms with Gasteiger partial charge in [0.1, 0.15) is 6.04 Å². The van der Waals surface area contributed by atoms with E-state index < -0.39 is 29.4 Å². The standard InChI is InChI=1S/C20H27F3N4O2/c1-6-26(7-2)9-8-24-18(28)14(5)27-16-11-13(4)12(3)10-15(16)25-17(19(27)29)20(21,22)23/h10-11,14H,6-9H2,1-5H3,(H,24,28)/t14-/m0/s1. The van der Waals surface area contributed by atoms with Gasteiger partial charge in [0.15, 0.2) is 0 Å². The number of benzene rings is 1. The maximum absolute atomic E-state index is 13.4. The van der Waals surface area contributed by atoms with Crippen LogP contribution in [0.15, 0.2) is 16.9 Å². The molecule has 160 valence electrons. The Balaban J connectivity index is 2.49. The number of amides is 1. The number of likely N-dealkylation sites (N-methyl/N-ethyl adjacent to an activating group) is 1. The maximum atomic E-state index is 13.4. The molecule has 0 saturated heterocycles. The molecule has 0 aliphatic carbocycles. The Morgan fingerprint density at radius 1 is 1.21 bits per heavy atom. The molecule has 0 spiro atoms. The van der Waals surface area contributed by atoms with Crippen LogP contribution < -0.4 is 10.9 Å². The molecule has 1 N–H and O–H groups in total. The van der Waals surface area contributed by atoms with Gasteiger partial charge in [-0.15, -0.1) is 0 Å². The van der Waals surface area contributed by atoms with Gasteiger partial charge in [0.2, 0.25) is 11.6 Å². The molecule has 1 aromatic heterocycles. The van der Waals surface area contributed by atoms with Gasteiger partial charge in [0, 0.05) is 13.1 Å². The van der Waals surface area contributed by atoms with Crippen molar-refractivity contribution in [2.75, 3.05) is 26.2 Å². The second kappa shape index (κ2) is 8.94. The van der Waals surface area contributed by atoms with Crippen molar-refractivity contribution in [1.29, 1.82) is 0 Å². The zero-order chi connectivity index (χ0) is 21.9. The molecule has 2 rings (SSSR count). The van der Waals surface area contributed by atoms with E-state index in [1.807, 2.05) is 13.8 Å². The van der Waals surface area contributed by atoms with Gasteiger partial charge in [0.05, 0.1) is 11.0 Å². The van der Waals surface area contributed by atoms with Crippen LogP contribution in [0.4, 0.5) is 13.2 Å². The third kappa shape index (κ3) is 4.95. The summed E-state index contributed by atoms with van der Waals surface area (Å²) in [6.07, 6.45) is -4.91. The van der Waals surface area contributed by atoms with E-state index in [0.29, 0.717) is 13.1 Å². The normalized spacial score (nSPS) is 13.1. The molecule has 29 heavy (non-hydrogen) atoms. The first kappa shape index (κ1) is 22.9. The molecule has 1 amide bonds. The van der Waals surface area contributed by atoms with Gasteiger partial charge in [-0.1, -0.05) is 13.8 Å². The van der Waals surface area contributed by atoms with Crippen molar-refractivity contribution in [2.24, 2.45) is 0 Å². The first-order chi connectivity index (χ1) is 13.5. The quantitative estimate of drug-likeness (QED) is 0.759. The summed E-state index contributed by atoms with van der Waals surface area (Å²) in [5.74, 6) is -0.516. The largest absolute Gasteiger partial charge is 0.438 e. The van der Waals surface area contributed by atoms with Crippen LogP contribution in [0, 0.1) is 13.8 Å². The summed E-state index contributed by atoms with van der Waals surface area (Å²) in [5, 5.41) is 2.71. The number of hydrogen-bond donors (Lipinski definition) is 1. The lowest BCUT2D eigenvalue weighted by molar-refractivity contribution is -0.142. The predicted octanol–water partition coefficient (Wildman–Crippen LogP) is 3.05. The van der Waals surface area contributed by atoms with E-state index in [1.54, 1.807) is 19.9 Å². The van der Waals surface area contributed by atoms with Crippen molar-refractivity contribution in [2.45, 2.75) is 46.8 Å². The zero-order valence-corrected chi connectivity index (χ0v) is 17.4. The van der Waals surface area contributed by atoms with Gasteiger partial charge < -0.3 is 10.2 Å². The Hall–Kier alpha value is -2.42. The Kier molecular flexibility index (Phi) is 7.05. The summed E-state index contributed by atoms with van der Waals surface area (Å²) in [7, 11) is 0. The minimum atomic E-state index is -4.91. The molecule has 0 saturated carbocycles.